The molecule has 0 heterocycles. The molecular weight excluding hydrogens is 178 g/mol. The second-order valence-corrected chi connectivity index (χ2v) is 3.96. The van der Waals surface area contributed by atoms with Crippen molar-refractivity contribution >= 4 is 17.7 Å². The van der Waals surface area contributed by atoms with Crippen LogP contribution >= 0.6 is 11.6 Å². The van der Waals surface area contributed by atoms with Crippen molar-refractivity contribution in [1.29, 1.82) is 0 Å². The van der Waals surface area contributed by atoms with E-state index in [1.54, 1.807) is 0 Å². The molecule has 0 atom stereocenters. The summed E-state index contributed by atoms with van der Waals surface area (Å²) in [7, 11) is 0. The van der Waals surface area contributed by atoms with Crippen LogP contribution in [-0.2, 0) is 0 Å². The molecule has 12 heavy (non-hydrogen) atoms. The number of amides is 1. The van der Waals surface area contributed by atoms with E-state index >= 15 is 0 Å². The van der Waals surface area contributed by atoms with Gasteiger partial charge in [0.1, 0.15) is 0 Å². The van der Waals surface area contributed by atoms with Crippen LogP contribution in [0.2, 0.25) is 0 Å². The van der Waals surface area contributed by atoms with E-state index in [1.807, 2.05) is 27.7 Å². The van der Waals surface area contributed by atoms with E-state index in [1.165, 1.54) is 4.90 Å². The highest BCUT2D eigenvalue weighted by Gasteiger charge is 2.31. The van der Waals surface area contributed by atoms with Gasteiger partial charge in [-0.05, 0) is 27.7 Å². The summed E-state index contributed by atoms with van der Waals surface area (Å²) in [5.41, 5.74) is -0.498. The smallest absolute Gasteiger partial charge is 0.408 e. The Morgan fingerprint density at radius 2 is 2.00 bits per heavy atom. The van der Waals surface area contributed by atoms with Gasteiger partial charge in [0.25, 0.3) is 0 Å². The van der Waals surface area contributed by atoms with Crippen LogP contribution in [0, 0.1) is 0 Å². The summed E-state index contributed by atoms with van der Waals surface area (Å²) in [6.07, 6.45) is -0.921. The Bertz CT molecular complexity index is 168. The summed E-state index contributed by atoms with van der Waals surface area (Å²) in [5, 5.41) is 8.88. The lowest BCUT2D eigenvalue weighted by atomic mass is 10.0. The van der Waals surface area contributed by atoms with Crippen LogP contribution in [0.15, 0.2) is 0 Å². The van der Waals surface area contributed by atoms with Crippen molar-refractivity contribution in [1.82, 2.24) is 4.90 Å². The average molecular weight is 194 g/mol. The van der Waals surface area contributed by atoms with Crippen LogP contribution in [0.3, 0.4) is 0 Å². The van der Waals surface area contributed by atoms with Crippen molar-refractivity contribution in [3.05, 3.63) is 0 Å². The highest BCUT2D eigenvalue weighted by Crippen LogP contribution is 2.19. The van der Waals surface area contributed by atoms with Crippen LogP contribution in [-0.4, -0.2) is 33.6 Å². The predicted octanol–water partition coefficient (Wildman–Crippen LogP) is 2.39. The fraction of sp³-hybridized carbons (Fsp3) is 0.875. The Hall–Kier alpha value is -0.440. The number of carboxylic acid groups (broad SMARTS) is 1. The van der Waals surface area contributed by atoms with Crippen molar-refractivity contribution < 1.29 is 9.90 Å². The maximum absolute atomic E-state index is 10.8. The molecule has 0 spiro atoms. The van der Waals surface area contributed by atoms with Gasteiger partial charge in [-0.25, -0.2) is 4.79 Å². The first kappa shape index (κ1) is 11.6. The third kappa shape index (κ3) is 2.55. The first-order valence-electron chi connectivity index (χ1n) is 3.91. The van der Waals surface area contributed by atoms with Gasteiger partial charge in [0.15, 0.2) is 0 Å². The Morgan fingerprint density at radius 3 is 2.08 bits per heavy atom. The zero-order chi connectivity index (χ0) is 9.94. The number of hydrogen-bond donors (Lipinski definition) is 1. The highest BCUT2D eigenvalue weighted by atomic mass is 35.5. The molecule has 0 saturated carbocycles. The van der Waals surface area contributed by atoms with E-state index < -0.39 is 11.6 Å². The molecule has 0 radical (unpaired) electrons. The molecule has 0 aliphatic heterocycles. The lowest BCUT2D eigenvalue weighted by Gasteiger charge is -2.37. The van der Waals surface area contributed by atoms with Gasteiger partial charge in [-0.15, -0.1) is 11.6 Å². The van der Waals surface area contributed by atoms with Gasteiger partial charge in [-0.3, -0.25) is 4.90 Å². The van der Waals surface area contributed by atoms with Crippen molar-refractivity contribution in [2.45, 2.75) is 39.3 Å². The Kier molecular flexibility index (Phi) is 3.84. The maximum atomic E-state index is 10.8. The van der Waals surface area contributed by atoms with Gasteiger partial charge in [-0.1, -0.05) is 0 Å². The number of halogens is 1. The molecule has 0 aromatic heterocycles. The standard InChI is InChI=1S/C8H16ClNO2/c1-6(2)10(7(11)12)8(3,4)5-9/h6H,5H2,1-4H3,(H,11,12). The zero-order valence-corrected chi connectivity index (χ0v) is 8.72. The molecule has 0 aromatic rings. The highest BCUT2D eigenvalue weighted by molar-refractivity contribution is 6.18. The van der Waals surface area contributed by atoms with E-state index in [2.05, 4.69) is 0 Å². The van der Waals surface area contributed by atoms with Gasteiger partial charge in [-0.2, -0.15) is 0 Å². The molecule has 0 unspecified atom stereocenters. The summed E-state index contributed by atoms with van der Waals surface area (Å²) in [5.74, 6) is 0.303. The summed E-state index contributed by atoms with van der Waals surface area (Å²) in [4.78, 5) is 12.2. The minimum absolute atomic E-state index is 0.0451. The molecule has 0 bridgehead atoms. The van der Waals surface area contributed by atoms with Gasteiger partial charge in [0.05, 0.1) is 5.54 Å². The molecule has 0 rings (SSSR count). The fourth-order valence-corrected chi connectivity index (χ4v) is 1.37. The average Bonchev–Trinajstić information content (AvgIpc) is 1.84. The normalized spacial score (nSPS) is 11.8. The summed E-state index contributed by atoms with van der Waals surface area (Å²) in [6.45, 7) is 7.30. The van der Waals surface area contributed by atoms with Crippen LogP contribution < -0.4 is 0 Å². The molecule has 0 saturated heterocycles. The van der Waals surface area contributed by atoms with E-state index in [-0.39, 0.29) is 6.04 Å². The van der Waals surface area contributed by atoms with Gasteiger partial charge in [0.2, 0.25) is 0 Å². The summed E-state index contributed by atoms with van der Waals surface area (Å²) in [6, 6.07) is -0.0451. The van der Waals surface area contributed by atoms with Crippen LogP contribution in [0.1, 0.15) is 27.7 Å². The number of hydrogen-bond acceptors (Lipinski definition) is 1. The van der Waals surface area contributed by atoms with E-state index in [0.29, 0.717) is 5.88 Å². The van der Waals surface area contributed by atoms with Gasteiger partial charge >= 0.3 is 6.09 Å². The molecule has 1 amide bonds. The Balaban J connectivity index is 4.62. The molecule has 72 valence electrons. The second-order valence-electron chi connectivity index (χ2n) is 3.69. The monoisotopic (exact) mass is 193 g/mol. The van der Waals surface area contributed by atoms with Crippen LogP contribution in [0.5, 0.6) is 0 Å². The van der Waals surface area contributed by atoms with Crippen molar-refractivity contribution in [3.63, 3.8) is 0 Å². The molecule has 0 fully saturated rings. The first-order valence-corrected chi connectivity index (χ1v) is 4.44. The second kappa shape index (κ2) is 3.99. The molecule has 0 aromatic carbocycles. The SMILES string of the molecule is CC(C)N(C(=O)O)C(C)(C)CCl. The molecule has 3 nitrogen and oxygen atoms in total. The molecular formula is C8H16ClNO2. The zero-order valence-electron chi connectivity index (χ0n) is 7.97. The Morgan fingerprint density at radius 1 is 1.58 bits per heavy atom. The molecule has 0 aliphatic carbocycles. The topological polar surface area (TPSA) is 40.5 Å². The number of rotatable bonds is 3. The number of alkyl halides is 1. The van der Waals surface area contributed by atoms with E-state index in [4.69, 9.17) is 16.7 Å². The molecule has 0 aliphatic rings. The summed E-state index contributed by atoms with van der Waals surface area (Å²) >= 11 is 5.67. The maximum Gasteiger partial charge on any atom is 0.408 e. The fourth-order valence-electron chi connectivity index (χ4n) is 1.24. The minimum atomic E-state index is -0.921. The van der Waals surface area contributed by atoms with Crippen molar-refractivity contribution in [2.24, 2.45) is 0 Å². The first-order chi connectivity index (χ1) is 5.33. The van der Waals surface area contributed by atoms with Crippen molar-refractivity contribution in [3.8, 4) is 0 Å². The van der Waals surface area contributed by atoms with Crippen molar-refractivity contribution in [2.75, 3.05) is 5.88 Å². The van der Waals surface area contributed by atoms with E-state index in [0.717, 1.165) is 0 Å². The quantitative estimate of drug-likeness (QED) is 0.700. The lowest BCUT2D eigenvalue weighted by molar-refractivity contribution is 0.0822. The predicted molar refractivity (Wildman–Crippen MR) is 49.8 cm³/mol. The largest absolute Gasteiger partial charge is 0.465 e. The summed E-state index contributed by atoms with van der Waals surface area (Å²) < 4.78 is 0. The Labute approximate surface area is 78.3 Å². The minimum Gasteiger partial charge on any atom is -0.465 e. The number of nitrogens with zero attached hydrogens (tertiary/aromatic N) is 1. The lowest BCUT2D eigenvalue weighted by Crippen LogP contribution is -2.52. The molecule has 4 heteroatoms. The van der Waals surface area contributed by atoms with Crippen LogP contribution in [0.4, 0.5) is 4.79 Å². The van der Waals surface area contributed by atoms with Gasteiger partial charge in [0, 0.05) is 11.9 Å². The molecule has 1 N–H and O–H groups in total. The third-order valence-corrected chi connectivity index (χ3v) is 2.36. The van der Waals surface area contributed by atoms with E-state index in [9.17, 15) is 4.79 Å². The van der Waals surface area contributed by atoms with Gasteiger partial charge < -0.3 is 5.11 Å². The van der Waals surface area contributed by atoms with Crippen LogP contribution in [0.25, 0.3) is 0 Å². The third-order valence-electron chi connectivity index (χ3n) is 1.70. The number of carbonyl (C=O) groups is 1.